The SMILES string of the molecule is COC(=O)c1cncc(-c2cccc(NC(=O)CC(C)N)c2)c1. The van der Waals surface area contributed by atoms with Crippen molar-refractivity contribution in [3.8, 4) is 11.1 Å². The van der Waals surface area contributed by atoms with Crippen molar-refractivity contribution in [1.29, 1.82) is 0 Å². The highest BCUT2D eigenvalue weighted by Crippen LogP contribution is 2.23. The van der Waals surface area contributed by atoms with E-state index in [2.05, 4.69) is 10.3 Å². The molecule has 6 heteroatoms. The Balaban J connectivity index is 2.23. The molecule has 1 aromatic heterocycles. The number of nitrogens with one attached hydrogen (secondary N) is 1. The first-order valence-electron chi connectivity index (χ1n) is 7.19. The molecule has 0 radical (unpaired) electrons. The minimum atomic E-state index is -0.444. The van der Waals surface area contributed by atoms with E-state index >= 15 is 0 Å². The summed E-state index contributed by atoms with van der Waals surface area (Å²) in [5.41, 5.74) is 8.24. The lowest BCUT2D eigenvalue weighted by Crippen LogP contribution is -2.23. The predicted molar refractivity (Wildman–Crippen MR) is 87.9 cm³/mol. The first-order valence-corrected chi connectivity index (χ1v) is 7.19. The molecule has 0 aliphatic heterocycles. The number of anilines is 1. The standard InChI is InChI=1S/C17H19N3O3/c1-11(18)6-16(21)20-15-5-3-4-12(8-15)13-7-14(10-19-9-13)17(22)23-2/h3-5,7-11H,6,18H2,1-2H3,(H,20,21). The molecule has 120 valence electrons. The topological polar surface area (TPSA) is 94.3 Å². The Hall–Kier alpha value is -2.73. The maximum Gasteiger partial charge on any atom is 0.339 e. The minimum Gasteiger partial charge on any atom is -0.465 e. The van der Waals surface area contributed by atoms with E-state index in [1.165, 1.54) is 13.3 Å². The number of aromatic nitrogens is 1. The molecule has 0 saturated carbocycles. The Bertz CT molecular complexity index is 714. The second kappa shape index (κ2) is 7.51. The van der Waals surface area contributed by atoms with Gasteiger partial charge in [-0.05, 0) is 30.7 Å². The number of pyridine rings is 1. The minimum absolute atomic E-state index is 0.140. The number of nitrogens with zero attached hydrogens (tertiary/aromatic N) is 1. The number of hydrogen-bond acceptors (Lipinski definition) is 5. The van der Waals surface area contributed by atoms with Crippen LogP contribution in [0.25, 0.3) is 11.1 Å². The second-order valence-corrected chi connectivity index (χ2v) is 5.26. The number of amides is 1. The largest absolute Gasteiger partial charge is 0.465 e. The molecule has 1 aromatic carbocycles. The molecule has 1 amide bonds. The molecule has 0 aliphatic carbocycles. The molecule has 0 aliphatic rings. The Kier molecular flexibility index (Phi) is 5.43. The van der Waals surface area contributed by atoms with Gasteiger partial charge in [0.15, 0.2) is 0 Å². The van der Waals surface area contributed by atoms with Crippen LogP contribution in [0.3, 0.4) is 0 Å². The average Bonchev–Trinajstić information content (AvgIpc) is 2.53. The van der Waals surface area contributed by atoms with E-state index in [1.807, 2.05) is 18.2 Å². The fourth-order valence-electron chi connectivity index (χ4n) is 2.11. The van der Waals surface area contributed by atoms with Gasteiger partial charge in [-0.1, -0.05) is 12.1 Å². The van der Waals surface area contributed by atoms with Crippen molar-refractivity contribution in [3.63, 3.8) is 0 Å². The summed E-state index contributed by atoms with van der Waals surface area (Å²) in [6.45, 7) is 1.78. The molecular formula is C17H19N3O3. The first kappa shape index (κ1) is 16.6. The lowest BCUT2D eigenvalue weighted by Gasteiger charge is -2.09. The van der Waals surface area contributed by atoms with Crippen molar-refractivity contribution >= 4 is 17.6 Å². The summed E-state index contributed by atoms with van der Waals surface area (Å²) < 4.78 is 4.69. The summed E-state index contributed by atoms with van der Waals surface area (Å²) in [5, 5.41) is 2.80. The van der Waals surface area contributed by atoms with E-state index in [1.54, 1.807) is 25.3 Å². The van der Waals surface area contributed by atoms with Gasteiger partial charge in [0.1, 0.15) is 0 Å². The van der Waals surface area contributed by atoms with Gasteiger partial charge in [0.25, 0.3) is 0 Å². The van der Waals surface area contributed by atoms with E-state index in [9.17, 15) is 9.59 Å². The molecule has 1 atom stereocenters. The predicted octanol–water partition coefficient (Wildman–Crippen LogP) is 2.21. The third-order valence-electron chi connectivity index (χ3n) is 3.15. The van der Waals surface area contributed by atoms with Crippen molar-refractivity contribution < 1.29 is 14.3 Å². The van der Waals surface area contributed by atoms with Crippen LogP contribution in [0.5, 0.6) is 0 Å². The van der Waals surface area contributed by atoms with Crippen molar-refractivity contribution in [1.82, 2.24) is 4.98 Å². The lowest BCUT2D eigenvalue weighted by molar-refractivity contribution is -0.116. The Labute approximate surface area is 134 Å². The molecule has 1 unspecified atom stereocenters. The highest BCUT2D eigenvalue weighted by molar-refractivity contribution is 5.92. The van der Waals surface area contributed by atoms with Crippen LogP contribution in [0.4, 0.5) is 5.69 Å². The smallest absolute Gasteiger partial charge is 0.339 e. The third-order valence-corrected chi connectivity index (χ3v) is 3.15. The Morgan fingerprint density at radius 3 is 2.74 bits per heavy atom. The zero-order chi connectivity index (χ0) is 16.8. The number of methoxy groups -OCH3 is 1. The van der Waals surface area contributed by atoms with Gasteiger partial charge in [0.2, 0.25) is 5.91 Å². The monoisotopic (exact) mass is 313 g/mol. The van der Waals surface area contributed by atoms with Crippen molar-refractivity contribution in [3.05, 3.63) is 48.3 Å². The number of rotatable bonds is 5. The molecule has 0 bridgehead atoms. The van der Waals surface area contributed by atoms with Crippen LogP contribution < -0.4 is 11.1 Å². The number of carbonyl (C=O) groups is 2. The van der Waals surface area contributed by atoms with Crippen molar-refractivity contribution in [2.24, 2.45) is 5.73 Å². The summed E-state index contributed by atoms with van der Waals surface area (Å²) in [4.78, 5) is 27.4. The third kappa shape index (κ3) is 4.62. The zero-order valence-corrected chi connectivity index (χ0v) is 13.1. The lowest BCUT2D eigenvalue weighted by atomic mass is 10.1. The highest BCUT2D eigenvalue weighted by Gasteiger charge is 2.09. The average molecular weight is 313 g/mol. The van der Waals surface area contributed by atoms with Crippen LogP contribution in [-0.2, 0) is 9.53 Å². The summed E-state index contributed by atoms with van der Waals surface area (Å²) in [6.07, 6.45) is 3.35. The second-order valence-electron chi connectivity index (χ2n) is 5.26. The number of hydrogen-bond donors (Lipinski definition) is 2. The number of carbonyl (C=O) groups excluding carboxylic acids is 2. The zero-order valence-electron chi connectivity index (χ0n) is 13.1. The maximum atomic E-state index is 11.8. The molecule has 1 heterocycles. The Morgan fingerprint density at radius 2 is 2.04 bits per heavy atom. The number of ether oxygens (including phenoxy) is 1. The van der Waals surface area contributed by atoms with E-state index in [4.69, 9.17) is 10.5 Å². The van der Waals surface area contributed by atoms with Gasteiger partial charge < -0.3 is 15.8 Å². The molecule has 2 aromatic rings. The van der Waals surface area contributed by atoms with Gasteiger partial charge in [0, 0.05) is 36.1 Å². The molecule has 6 nitrogen and oxygen atoms in total. The molecule has 0 spiro atoms. The summed E-state index contributed by atoms with van der Waals surface area (Å²) in [7, 11) is 1.32. The molecule has 0 fully saturated rings. The molecule has 23 heavy (non-hydrogen) atoms. The number of nitrogens with two attached hydrogens (primary N) is 1. The van der Waals surface area contributed by atoms with Gasteiger partial charge >= 0.3 is 5.97 Å². The van der Waals surface area contributed by atoms with Crippen LogP contribution in [0, 0.1) is 0 Å². The van der Waals surface area contributed by atoms with Crippen LogP contribution in [0.15, 0.2) is 42.7 Å². The maximum absolute atomic E-state index is 11.8. The van der Waals surface area contributed by atoms with Gasteiger partial charge in [-0.15, -0.1) is 0 Å². The van der Waals surface area contributed by atoms with Crippen molar-refractivity contribution in [2.75, 3.05) is 12.4 Å². The van der Waals surface area contributed by atoms with Crippen LogP contribution >= 0.6 is 0 Å². The van der Waals surface area contributed by atoms with Crippen LogP contribution in [-0.4, -0.2) is 30.0 Å². The molecular weight excluding hydrogens is 294 g/mol. The van der Waals surface area contributed by atoms with Crippen LogP contribution in [0.1, 0.15) is 23.7 Å². The van der Waals surface area contributed by atoms with E-state index in [0.717, 1.165) is 11.1 Å². The van der Waals surface area contributed by atoms with Crippen LogP contribution in [0.2, 0.25) is 0 Å². The summed E-state index contributed by atoms with van der Waals surface area (Å²) in [5.74, 6) is -0.584. The quantitative estimate of drug-likeness (QED) is 0.825. The number of esters is 1. The first-order chi connectivity index (χ1) is 11.0. The van der Waals surface area contributed by atoms with E-state index in [0.29, 0.717) is 11.3 Å². The normalized spacial score (nSPS) is 11.6. The fourth-order valence-corrected chi connectivity index (χ4v) is 2.11. The van der Waals surface area contributed by atoms with Gasteiger partial charge in [-0.25, -0.2) is 4.79 Å². The molecule has 0 saturated heterocycles. The fraction of sp³-hybridized carbons (Fsp3) is 0.235. The van der Waals surface area contributed by atoms with Gasteiger partial charge in [-0.3, -0.25) is 9.78 Å². The molecule has 2 rings (SSSR count). The molecule has 3 N–H and O–H groups in total. The summed E-state index contributed by atoms with van der Waals surface area (Å²) in [6, 6.07) is 8.80. The van der Waals surface area contributed by atoms with Crippen molar-refractivity contribution in [2.45, 2.75) is 19.4 Å². The van der Waals surface area contributed by atoms with Gasteiger partial charge in [0.05, 0.1) is 12.7 Å². The van der Waals surface area contributed by atoms with E-state index in [-0.39, 0.29) is 18.4 Å². The Morgan fingerprint density at radius 1 is 1.26 bits per heavy atom. The number of benzene rings is 1. The van der Waals surface area contributed by atoms with E-state index < -0.39 is 5.97 Å². The van der Waals surface area contributed by atoms with Gasteiger partial charge in [-0.2, -0.15) is 0 Å². The highest BCUT2D eigenvalue weighted by atomic mass is 16.5. The summed E-state index contributed by atoms with van der Waals surface area (Å²) >= 11 is 0.